The molecule has 106 valence electrons. The van der Waals surface area contributed by atoms with E-state index in [1.54, 1.807) is 24.4 Å². The molecule has 6 heteroatoms. The molecule has 0 aliphatic rings. The predicted octanol–water partition coefficient (Wildman–Crippen LogP) is 2.15. The summed E-state index contributed by atoms with van der Waals surface area (Å²) in [6.45, 7) is 5.69. The first kappa shape index (κ1) is 13.9. The lowest BCUT2D eigenvalue weighted by Crippen LogP contribution is -2.05. The van der Waals surface area contributed by atoms with Crippen molar-refractivity contribution < 1.29 is 9.84 Å². The number of hydrogen-bond donors (Lipinski definition) is 2. The van der Waals surface area contributed by atoms with Crippen molar-refractivity contribution in [2.24, 2.45) is 5.10 Å². The van der Waals surface area contributed by atoms with Crippen molar-refractivity contribution in [3.63, 3.8) is 0 Å². The fourth-order valence-electron chi connectivity index (χ4n) is 1.70. The maximum absolute atomic E-state index is 9.93. The number of aromatic hydroxyl groups is 1. The standard InChI is InChI=1S/C14H18N4O2/c1-9(2)20-12-5-4-11(13(19)6-12)7-16-18-8-10(3)17-14(18)15/h4-9,19H,1-3H3,(H2,15,17). The first-order valence-electron chi connectivity index (χ1n) is 6.31. The number of aryl methyl sites for hydroxylation is 1. The lowest BCUT2D eigenvalue weighted by Gasteiger charge is -2.10. The van der Waals surface area contributed by atoms with E-state index in [1.807, 2.05) is 20.8 Å². The van der Waals surface area contributed by atoms with E-state index in [4.69, 9.17) is 10.5 Å². The van der Waals surface area contributed by atoms with Gasteiger partial charge >= 0.3 is 0 Å². The van der Waals surface area contributed by atoms with Crippen molar-refractivity contribution in [1.29, 1.82) is 0 Å². The Bertz CT molecular complexity index is 632. The highest BCUT2D eigenvalue weighted by atomic mass is 16.5. The van der Waals surface area contributed by atoms with E-state index in [1.165, 1.54) is 10.9 Å². The van der Waals surface area contributed by atoms with Crippen LogP contribution in [0.2, 0.25) is 0 Å². The number of nitrogen functional groups attached to an aromatic ring is 1. The normalized spacial score (nSPS) is 11.4. The van der Waals surface area contributed by atoms with Gasteiger partial charge in [0.25, 0.3) is 0 Å². The van der Waals surface area contributed by atoms with Crippen LogP contribution in [0.4, 0.5) is 5.95 Å². The molecular formula is C14H18N4O2. The number of phenolic OH excluding ortho intramolecular Hbond substituents is 1. The summed E-state index contributed by atoms with van der Waals surface area (Å²) < 4.78 is 6.95. The maximum Gasteiger partial charge on any atom is 0.221 e. The Labute approximate surface area is 117 Å². The van der Waals surface area contributed by atoms with Crippen LogP contribution < -0.4 is 10.5 Å². The number of imidazole rings is 1. The molecule has 0 saturated heterocycles. The molecule has 1 heterocycles. The van der Waals surface area contributed by atoms with Crippen LogP contribution in [0.25, 0.3) is 0 Å². The number of rotatable bonds is 4. The smallest absolute Gasteiger partial charge is 0.221 e. The fourth-order valence-corrected chi connectivity index (χ4v) is 1.70. The third kappa shape index (κ3) is 3.28. The molecule has 0 atom stereocenters. The molecule has 0 spiro atoms. The largest absolute Gasteiger partial charge is 0.507 e. The van der Waals surface area contributed by atoms with Crippen LogP contribution in [0, 0.1) is 6.92 Å². The zero-order valence-corrected chi connectivity index (χ0v) is 11.7. The SMILES string of the molecule is Cc1cn(N=Cc2ccc(OC(C)C)cc2O)c(N)n1. The van der Waals surface area contributed by atoms with E-state index in [2.05, 4.69) is 10.1 Å². The Morgan fingerprint density at radius 1 is 1.45 bits per heavy atom. The number of anilines is 1. The number of nitrogens with two attached hydrogens (primary N) is 1. The second kappa shape index (κ2) is 5.64. The van der Waals surface area contributed by atoms with Gasteiger partial charge < -0.3 is 15.6 Å². The topological polar surface area (TPSA) is 85.7 Å². The van der Waals surface area contributed by atoms with Crippen molar-refractivity contribution in [2.45, 2.75) is 26.9 Å². The van der Waals surface area contributed by atoms with Crippen molar-refractivity contribution in [1.82, 2.24) is 9.66 Å². The predicted molar refractivity (Wildman–Crippen MR) is 78.2 cm³/mol. The summed E-state index contributed by atoms with van der Waals surface area (Å²) in [5.74, 6) is 1.02. The summed E-state index contributed by atoms with van der Waals surface area (Å²) in [6, 6.07) is 5.07. The van der Waals surface area contributed by atoms with Gasteiger partial charge in [0.05, 0.1) is 24.2 Å². The van der Waals surface area contributed by atoms with Gasteiger partial charge in [0.15, 0.2) is 0 Å². The molecule has 1 aromatic carbocycles. The minimum Gasteiger partial charge on any atom is -0.507 e. The van der Waals surface area contributed by atoms with E-state index in [0.29, 0.717) is 17.3 Å². The average molecular weight is 274 g/mol. The molecule has 0 aliphatic heterocycles. The molecule has 0 amide bonds. The second-order valence-electron chi connectivity index (χ2n) is 4.72. The highest BCUT2D eigenvalue weighted by Gasteiger charge is 2.04. The van der Waals surface area contributed by atoms with Gasteiger partial charge in [-0.3, -0.25) is 0 Å². The van der Waals surface area contributed by atoms with Crippen molar-refractivity contribution >= 4 is 12.2 Å². The summed E-state index contributed by atoms with van der Waals surface area (Å²) in [7, 11) is 0. The molecule has 0 radical (unpaired) electrons. The average Bonchev–Trinajstić information content (AvgIpc) is 2.66. The van der Waals surface area contributed by atoms with Gasteiger partial charge in [-0.05, 0) is 32.9 Å². The van der Waals surface area contributed by atoms with Crippen LogP contribution in [0.1, 0.15) is 25.1 Å². The molecule has 3 N–H and O–H groups in total. The Balaban J connectivity index is 2.19. The van der Waals surface area contributed by atoms with Crippen molar-refractivity contribution in [3.8, 4) is 11.5 Å². The fraction of sp³-hybridized carbons (Fsp3) is 0.286. The first-order valence-corrected chi connectivity index (χ1v) is 6.31. The summed E-state index contributed by atoms with van der Waals surface area (Å²) in [4.78, 5) is 4.04. The number of nitrogens with zero attached hydrogens (tertiary/aromatic N) is 3. The number of benzene rings is 1. The minimum absolute atomic E-state index is 0.0580. The van der Waals surface area contributed by atoms with E-state index in [-0.39, 0.29) is 11.9 Å². The Morgan fingerprint density at radius 3 is 2.75 bits per heavy atom. The van der Waals surface area contributed by atoms with Gasteiger partial charge in [-0.15, -0.1) is 0 Å². The van der Waals surface area contributed by atoms with Crippen LogP contribution in [0.5, 0.6) is 11.5 Å². The lowest BCUT2D eigenvalue weighted by molar-refractivity contribution is 0.241. The molecule has 0 unspecified atom stereocenters. The highest BCUT2D eigenvalue weighted by molar-refractivity contribution is 5.83. The third-order valence-electron chi connectivity index (χ3n) is 2.53. The van der Waals surface area contributed by atoms with Crippen LogP contribution in [-0.2, 0) is 0 Å². The molecule has 0 fully saturated rings. The summed E-state index contributed by atoms with van der Waals surface area (Å²) in [5, 5.41) is 14.1. The molecule has 2 rings (SSSR count). The van der Waals surface area contributed by atoms with Gasteiger partial charge in [0.1, 0.15) is 11.5 Å². The van der Waals surface area contributed by atoms with Gasteiger partial charge in [0.2, 0.25) is 5.95 Å². The van der Waals surface area contributed by atoms with Gasteiger partial charge in [-0.1, -0.05) is 0 Å². The quantitative estimate of drug-likeness (QED) is 0.836. The monoisotopic (exact) mass is 274 g/mol. The van der Waals surface area contributed by atoms with E-state index in [9.17, 15) is 5.11 Å². The van der Waals surface area contributed by atoms with Crippen LogP contribution >= 0.6 is 0 Å². The van der Waals surface area contributed by atoms with Crippen LogP contribution in [0.3, 0.4) is 0 Å². The molecular weight excluding hydrogens is 256 g/mol. The molecule has 20 heavy (non-hydrogen) atoms. The van der Waals surface area contributed by atoms with E-state index >= 15 is 0 Å². The number of hydrogen-bond acceptors (Lipinski definition) is 5. The first-order chi connectivity index (χ1) is 9.45. The molecule has 0 aliphatic carbocycles. The third-order valence-corrected chi connectivity index (χ3v) is 2.53. The second-order valence-corrected chi connectivity index (χ2v) is 4.72. The molecule has 1 aromatic heterocycles. The van der Waals surface area contributed by atoms with E-state index < -0.39 is 0 Å². The summed E-state index contributed by atoms with van der Waals surface area (Å²) in [5.41, 5.74) is 7.04. The van der Waals surface area contributed by atoms with Gasteiger partial charge in [-0.25, -0.2) is 9.66 Å². The van der Waals surface area contributed by atoms with Crippen LogP contribution in [0.15, 0.2) is 29.5 Å². The van der Waals surface area contributed by atoms with Crippen molar-refractivity contribution in [3.05, 3.63) is 35.7 Å². The summed E-state index contributed by atoms with van der Waals surface area (Å²) >= 11 is 0. The van der Waals surface area contributed by atoms with Gasteiger partial charge in [0, 0.05) is 11.6 Å². The number of aromatic nitrogens is 2. The molecule has 0 saturated carbocycles. The Kier molecular flexibility index (Phi) is 3.93. The zero-order valence-electron chi connectivity index (χ0n) is 11.7. The zero-order chi connectivity index (χ0) is 14.7. The number of ether oxygens (including phenoxy) is 1. The van der Waals surface area contributed by atoms with Gasteiger partial charge in [-0.2, -0.15) is 5.10 Å². The molecule has 0 bridgehead atoms. The lowest BCUT2D eigenvalue weighted by atomic mass is 10.2. The number of phenols is 1. The Hall–Kier alpha value is -2.50. The van der Waals surface area contributed by atoms with Crippen molar-refractivity contribution in [2.75, 3.05) is 5.73 Å². The summed E-state index contributed by atoms with van der Waals surface area (Å²) in [6.07, 6.45) is 3.29. The highest BCUT2D eigenvalue weighted by Crippen LogP contribution is 2.23. The molecule has 6 nitrogen and oxygen atoms in total. The maximum atomic E-state index is 9.93. The molecule has 2 aromatic rings. The van der Waals surface area contributed by atoms with Crippen LogP contribution in [-0.4, -0.2) is 27.1 Å². The van der Waals surface area contributed by atoms with E-state index in [0.717, 1.165) is 5.69 Å². The Morgan fingerprint density at radius 2 is 2.20 bits per heavy atom. The minimum atomic E-state index is 0.0580.